The van der Waals surface area contributed by atoms with Crippen molar-refractivity contribution in [1.82, 2.24) is 4.98 Å². The van der Waals surface area contributed by atoms with Crippen molar-refractivity contribution < 1.29 is 14.3 Å². The highest BCUT2D eigenvalue weighted by molar-refractivity contribution is 6.31. The molecule has 0 radical (unpaired) electrons. The lowest BCUT2D eigenvalue weighted by molar-refractivity contribution is 0.104. The van der Waals surface area contributed by atoms with Gasteiger partial charge in [0.05, 0.1) is 19.2 Å². The van der Waals surface area contributed by atoms with Crippen molar-refractivity contribution in [3.8, 4) is 11.5 Å². The molecule has 0 aliphatic carbocycles. The predicted octanol–water partition coefficient (Wildman–Crippen LogP) is 5.19. The summed E-state index contributed by atoms with van der Waals surface area (Å²) in [5, 5.41) is 1.26. The predicted molar refractivity (Wildman–Crippen MR) is 104 cm³/mol. The van der Waals surface area contributed by atoms with Crippen LogP contribution in [0.5, 0.6) is 11.5 Å². The molecule has 3 rings (SSSR count). The molecule has 0 saturated heterocycles. The maximum absolute atomic E-state index is 12.3. The van der Waals surface area contributed by atoms with Crippen molar-refractivity contribution in [2.24, 2.45) is 0 Å². The van der Waals surface area contributed by atoms with Gasteiger partial charge in [0.2, 0.25) is 0 Å². The second kappa shape index (κ2) is 8.02. The van der Waals surface area contributed by atoms with E-state index in [1.807, 2.05) is 31.2 Å². The number of fused-ring (bicyclic) bond motifs is 1. The zero-order valence-corrected chi connectivity index (χ0v) is 15.3. The van der Waals surface area contributed by atoms with Gasteiger partial charge in [-0.1, -0.05) is 11.6 Å². The highest BCUT2D eigenvalue weighted by Gasteiger charge is 2.06. The van der Waals surface area contributed by atoms with Crippen LogP contribution in [0.4, 0.5) is 0 Å². The first-order valence-electron chi connectivity index (χ1n) is 8.20. The van der Waals surface area contributed by atoms with E-state index in [-0.39, 0.29) is 5.78 Å². The summed E-state index contributed by atoms with van der Waals surface area (Å²) in [6.45, 7) is 2.52. The number of halogens is 1. The molecule has 0 amide bonds. The van der Waals surface area contributed by atoms with Crippen molar-refractivity contribution >= 4 is 34.4 Å². The Labute approximate surface area is 157 Å². The van der Waals surface area contributed by atoms with E-state index >= 15 is 0 Å². The molecule has 0 bridgehead atoms. The summed E-state index contributed by atoms with van der Waals surface area (Å²) < 4.78 is 10.6. The highest BCUT2D eigenvalue weighted by Crippen LogP contribution is 2.25. The molecule has 0 aliphatic heterocycles. The van der Waals surface area contributed by atoms with Crippen molar-refractivity contribution in [2.75, 3.05) is 13.7 Å². The van der Waals surface area contributed by atoms with Gasteiger partial charge in [-0.15, -0.1) is 0 Å². The van der Waals surface area contributed by atoms with E-state index in [1.165, 1.54) is 6.08 Å². The van der Waals surface area contributed by atoms with Gasteiger partial charge < -0.3 is 9.47 Å². The third-order valence-electron chi connectivity index (χ3n) is 3.87. The Morgan fingerprint density at radius 3 is 2.54 bits per heavy atom. The van der Waals surface area contributed by atoms with Crippen LogP contribution in [-0.4, -0.2) is 24.5 Å². The molecule has 4 nitrogen and oxygen atoms in total. The number of methoxy groups -OCH3 is 1. The number of benzene rings is 2. The van der Waals surface area contributed by atoms with E-state index in [9.17, 15) is 4.79 Å². The van der Waals surface area contributed by atoms with Gasteiger partial charge in [-0.2, -0.15) is 0 Å². The summed E-state index contributed by atoms with van der Waals surface area (Å²) in [4.78, 5) is 16.7. The van der Waals surface area contributed by atoms with Gasteiger partial charge in [0, 0.05) is 22.6 Å². The first kappa shape index (κ1) is 18.0. The zero-order valence-electron chi connectivity index (χ0n) is 14.5. The summed E-state index contributed by atoms with van der Waals surface area (Å²) in [6, 6.07) is 14.5. The third kappa shape index (κ3) is 4.03. The second-order valence-electron chi connectivity index (χ2n) is 5.58. The number of carbonyl (C=O) groups excluding carboxylic acids is 1. The normalized spacial score (nSPS) is 11.0. The zero-order chi connectivity index (χ0) is 18.5. The van der Waals surface area contributed by atoms with Crippen LogP contribution in [0.3, 0.4) is 0 Å². The van der Waals surface area contributed by atoms with Crippen molar-refractivity contribution in [3.63, 3.8) is 0 Å². The maximum atomic E-state index is 12.3. The molecule has 132 valence electrons. The van der Waals surface area contributed by atoms with Crippen LogP contribution in [0.25, 0.3) is 17.0 Å². The summed E-state index contributed by atoms with van der Waals surface area (Å²) in [5.74, 6) is 1.34. The topological polar surface area (TPSA) is 48.4 Å². The quantitative estimate of drug-likeness (QED) is 0.341. The fourth-order valence-corrected chi connectivity index (χ4v) is 2.74. The Morgan fingerprint density at radius 1 is 1.12 bits per heavy atom. The number of hydrogen-bond acceptors (Lipinski definition) is 4. The van der Waals surface area contributed by atoms with Gasteiger partial charge in [0.15, 0.2) is 5.78 Å². The molecule has 0 fully saturated rings. The molecule has 0 spiro atoms. The van der Waals surface area contributed by atoms with E-state index in [2.05, 4.69) is 4.98 Å². The Hall–Kier alpha value is -2.85. The molecular formula is C21H18ClNO3. The molecular weight excluding hydrogens is 350 g/mol. The van der Waals surface area contributed by atoms with Crippen molar-refractivity contribution in [3.05, 3.63) is 70.9 Å². The van der Waals surface area contributed by atoms with E-state index in [4.69, 9.17) is 21.1 Å². The number of nitrogens with zero attached hydrogens (tertiary/aromatic N) is 1. The molecule has 1 heterocycles. The largest absolute Gasteiger partial charge is 0.497 e. The Balaban J connectivity index is 1.84. The van der Waals surface area contributed by atoms with E-state index in [1.54, 1.807) is 37.5 Å². The van der Waals surface area contributed by atoms with Gasteiger partial charge in [-0.25, -0.2) is 4.98 Å². The Kier molecular flexibility index (Phi) is 5.54. The Bertz CT molecular complexity index is 965. The van der Waals surface area contributed by atoms with Crippen LogP contribution in [0.2, 0.25) is 5.15 Å². The molecule has 0 atom stereocenters. The average molecular weight is 368 g/mol. The molecule has 2 aromatic carbocycles. The van der Waals surface area contributed by atoms with Crippen molar-refractivity contribution in [2.45, 2.75) is 6.92 Å². The number of carbonyl (C=O) groups is 1. The van der Waals surface area contributed by atoms with E-state index < -0.39 is 0 Å². The number of allylic oxidation sites excluding steroid dienone is 1. The van der Waals surface area contributed by atoms with Gasteiger partial charge in [-0.3, -0.25) is 4.79 Å². The number of pyridine rings is 1. The van der Waals surface area contributed by atoms with Gasteiger partial charge in [0.1, 0.15) is 16.7 Å². The molecule has 0 N–H and O–H groups in total. The van der Waals surface area contributed by atoms with E-state index in [0.29, 0.717) is 28.6 Å². The smallest absolute Gasteiger partial charge is 0.185 e. The fourth-order valence-electron chi connectivity index (χ4n) is 2.53. The lowest BCUT2D eigenvalue weighted by Crippen LogP contribution is -1.95. The summed E-state index contributed by atoms with van der Waals surface area (Å²) >= 11 is 6.27. The number of hydrogen-bond donors (Lipinski definition) is 0. The molecule has 26 heavy (non-hydrogen) atoms. The lowest BCUT2D eigenvalue weighted by Gasteiger charge is -2.06. The number of ketones is 1. The molecule has 5 heteroatoms. The summed E-state index contributed by atoms with van der Waals surface area (Å²) in [5.41, 5.74) is 2.01. The standard InChI is InChI=1S/C21H18ClNO3/c1-3-26-18-10-6-15-12-16(21(22)23-19(15)13-18)7-11-20(24)14-4-8-17(25-2)9-5-14/h4-13H,3H2,1-2H3/b11-7+. The number of aromatic nitrogens is 1. The third-order valence-corrected chi connectivity index (χ3v) is 4.17. The monoisotopic (exact) mass is 367 g/mol. The minimum Gasteiger partial charge on any atom is -0.497 e. The maximum Gasteiger partial charge on any atom is 0.185 e. The molecule has 1 aromatic heterocycles. The number of rotatable bonds is 6. The summed E-state index contributed by atoms with van der Waals surface area (Å²) in [6.07, 6.45) is 3.17. The SMILES string of the molecule is CCOc1ccc2cc(/C=C/C(=O)c3ccc(OC)cc3)c(Cl)nc2c1. The molecule has 0 unspecified atom stereocenters. The van der Waals surface area contributed by atoms with Crippen LogP contribution in [-0.2, 0) is 0 Å². The number of ether oxygens (including phenoxy) is 2. The Morgan fingerprint density at radius 2 is 1.85 bits per heavy atom. The fraction of sp³-hybridized carbons (Fsp3) is 0.143. The molecule has 3 aromatic rings. The van der Waals surface area contributed by atoms with Crippen LogP contribution in [0, 0.1) is 0 Å². The molecule has 0 aliphatic rings. The van der Waals surface area contributed by atoms with Gasteiger partial charge in [-0.05, 0) is 61.5 Å². The van der Waals surface area contributed by atoms with Crippen LogP contribution < -0.4 is 9.47 Å². The van der Waals surface area contributed by atoms with Gasteiger partial charge >= 0.3 is 0 Å². The van der Waals surface area contributed by atoms with Gasteiger partial charge in [0.25, 0.3) is 0 Å². The highest BCUT2D eigenvalue weighted by atomic mass is 35.5. The summed E-state index contributed by atoms with van der Waals surface area (Å²) in [7, 11) is 1.59. The second-order valence-corrected chi connectivity index (χ2v) is 5.94. The minimum atomic E-state index is -0.115. The van der Waals surface area contributed by atoms with Crippen molar-refractivity contribution in [1.29, 1.82) is 0 Å². The first-order chi connectivity index (χ1) is 12.6. The van der Waals surface area contributed by atoms with Crippen LogP contribution >= 0.6 is 11.6 Å². The lowest BCUT2D eigenvalue weighted by atomic mass is 10.1. The van der Waals surface area contributed by atoms with Crippen LogP contribution in [0.1, 0.15) is 22.8 Å². The van der Waals surface area contributed by atoms with Crippen LogP contribution in [0.15, 0.2) is 54.6 Å². The minimum absolute atomic E-state index is 0.115. The molecule has 0 saturated carbocycles. The van der Waals surface area contributed by atoms with E-state index in [0.717, 1.165) is 16.7 Å². The average Bonchev–Trinajstić information content (AvgIpc) is 2.66. The first-order valence-corrected chi connectivity index (χ1v) is 8.58.